The Kier molecular flexibility index (Phi) is 3.71. The standard InChI is InChI=1S/C12H16N2O3/c1-9-8-17-6-5-14(9)7-10-3-2-4-11(13-10)12(15)16/h2-4,9H,5-8H2,1H3,(H,15,16). The number of aromatic nitrogens is 1. The molecule has 1 atom stereocenters. The normalized spacial score (nSPS) is 21.4. The van der Waals surface area contributed by atoms with Crippen LogP contribution in [0.4, 0.5) is 0 Å². The fourth-order valence-corrected chi connectivity index (χ4v) is 1.89. The molecular formula is C12H16N2O3. The van der Waals surface area contributed by atoms with Crippen LogP contribution < -0.4 is 0 Å². The smallest absolute Gasteiger partial charge is 0.354 e. The van der Waals surface area contributed by atoms with Crippen molar-refractivity contribution in [3.05, 3.63) is 29.6 Å². The van der Waals surface area contributed by atoms with E-state index in [1.54, 1.807) is 6.07 Å². The largest absolute Gasteiger partial charge is 0.477 e. The molecule has 1 saturated heterocycles. The van der Waals surface area contributed by atoms with E-state index in [1.807, 2.05) is 6.07 Å². The maximum absolute atomic E-state index is 10.8. The first-order valence-corrected chi connectivity index (χ1v) is 5.68. The van der Waals surface area contributed by atoms with Gasteiger partial charge in [-0.15, -0.1) is 0 Å². The lowest BCUT2D eigenvalue weighted by Gasteiger charge is -2.32. The van der Waals surface area contributed by atoms with Crippen molar-refractivity contribution >= 4 is 5.97 Å². The molecule has 0 spiro atoms. The summed E-state index contributed by atoms with van der Waals surface area (Å²) >= 11 is 0. The molecule has 0 radical (unpaired) electrons. The number of hydrogen-bond acceptors (Lipinski definition) is 4. The van der Waals surface area contributed by atoms with Gasteiger partial charge in [-0.2, -0.15) is 0 Å². The molecule has 0 bridgehead atoms. The number of pyridine rings is 1. The van der Waals surface area contributed by atoms with Gasteiger partial charge in [-0.05, 0) is 19.1 Å². The molecular weight excluding hydrogens is 220 g/mol. The highest BCUT2D eigenvalue weighted by Crippen LogP contribution is 2.11. The molecule has 0 aromatic carbocycles. The maximum atomic E-state index is 10.8. The summed E-state index contributed by atoms with van der Waals surface area (Å²) in [5.41, 5.74) is 0.891. The van der Waals surface area contributed by atoms with E-state index in [0.29, 0.717) is 12.6 Å². The minimum Gasteiger partial charge on any atom is -0.477 e. The van der Waals surface area contributed by atoms with Gasteiger partial charge in [0.15, 0.2) is 0 Å². The summed E-state index contributed by atoms with van der Waals surface area (Å²) in [6.07, 6.45) is 0. The highest BCUT2D eigenvalue weighted by Gasteiger charge is 2.19. The van der Waals surface area contributed by atoms with Gasteiger partial charge in [-0.25, -0.2) is 9.78 Å². The molecule has 2 heterocycles. The van der Waals surface area contributed by atoms with E-state index in [9.17, 15) is 4.79 Å². The summed E-state index contributed by atoms with van der Waals surface area (Å²) in [7, 11) is 0. The van der Waals surface area contributed by atoms with Crippen molar-refractivity contribution in [2.45, 2.75) is 19.5 Å². The molecule has 5 nitrogen and oxygen atoms in total. The molecule has 1 aromatic heterocycles. The molecule has 1 aliphatic heterocycles. The molecule has 92 valence electrons. The maximum Gasteiger partial charge on any atom is 0.354 e. The van der Waals surface area contributed by atoms with Crippen molar-refractivity contribution < 1.29 is 14.6 Å². The first-order valence-electron chi connectivity index (χ1n) is 5.68. The zero-order chi connectivity index (χ0) is 12.3. The van der Waals surface area contributed by atoms with Crippen LogP contribution in [-0.4, -0.2) is 46.8 Å². The number of ether oxygens (including phenoxy) is 1. The third-order valence-electron chi connectivity index (χ3n) is 2.90. The van der Waals surface area contributed by atoms with Crippen LogP contribution in [0.25, 0.3) is 0 Å². The van der Waals surface area contributed by atoms with Gasteiger partial charge in [0, 0.05) is 19.1 Å². The van der Waals surface area contributed by atoms with Crippen LogP contribution in [0.2, 0.25) is 0 Å². The summed E-state index contributed by atoms with van der Waals surface area (Å²) in [5.74, 6) is -0.984. The van der Waals surface area contributed by atoms with E-state index in [0.717, 1.165) is 25.5 Å². The average molecular weight is 236 g/mol. The van der Waals surface area contributed by atoms with Crippen LogP contribution in [0.3, 0.4) is 0 Å². The van der Waals surface area contributed by atoms with Crippen LogP contribution in [0.15, 0.2) is 18.2 Å². The van der Waals surface area contributed by atoms with Gasteiger partial charge >= 0.3 is 5.97 Å². The monoisotopic (exact) mass is 236 g/mol. The molecule has 0 amide bonds. The molecule has 5 heteroatoms. The van der Waals surface area contributed by atoms with E-state index < -0.39 is 5.97 Å². The lowest BCUT2D eigenvalue weighted by molar-refractivity contribution is -0.00494. The van der Waals surface area contributed by atoms with E-state index in [4.69, 9.17) is 9.84 Å². The number of aromatic carboxylic acids is 1. The van der Waals surface area contributed by atoms with Crippen molar-refractivity contribution in [3.8, 4) is 0 Å². The molecule has 1 aromatic rings. The van der Waals surface area contributed by atoms with Crippen molar-refractivity contribution in [2.24, 2.45) is 0 Å². The lowest BCUT2D eigenvalue weighted by Crippen LogP contribution is -2.43. The van der Waals surface area contributed by atoms with Gasteiger partial charge in [-0.1, -0.05) is 6.07 Å². The van der Waals surface area contributed by atoms with Crippen molar-refractivity contribution in [1.29, 1.82) is 0 Å². The Hall–Kier alpha value is -1.46. The van der Waals surface area contributed by atoms with Crippen LogP contribution >= 0.6 is 0 Å². The molecule has 17 heavy (non-hydrogen) atoms. The van der Waals surface area contributed by atoms with Crippen LogP contribution in [0.1, 0.15) is 23.1 Å². The van der Waals surface area contributed by atoms with Crippen molar-refractivity contribution in [3.63, 3.8) is 0 Å². The molecule has 0 saturated carbocycles. The summed E-state index contributed by atoms with van der Waals surface area (Å²) < 4.78 is 5.36. The Morgan fingerprint density at radius 3 is 3.18 bits per heavy atom. The van der Waals surface area contributed by atoms with E-state index >= 15 is 0 Å². The molecule has 0 aliphatic carbocycles. The number of morpholine rings is 1. The third kappa shape index (κ3) is 3.01. The summed E-state index contributed by atoms with van der Waals surface area (Å²) in [4.78, 5) is 17.2. The highest BCUT2D eigenvalue weighted by atomic mass is 16.5. The van der Waals surface area contributed by atoms with E-state index in [-0.39, 0.29) is 5.69 Å². The lowest BCUT2D eigenvalue weighted by atomic mass is 10.2. The van der Waals surface area contributed by atoms with Crippen molar-refractivity contribution in [2.75, 3.05) is 19.8 Å². The number of carboxylic acids is 1. The van der Waals surface area contributed by atoms with Crippen LogP contribution in [-0.2, 0) is 11.3 Å². The van der Waals surface area contributed by atoms with Gasteiger partial charge in [0.25, 0.3) is 0 Å². The fraction of sp³-hybridized carbons (Fsp3) is 0.500. The minimum absolute atomic E-state index is 0.100. The van der Waals surface area contributed by atoms with Gasteiger partial charge < -0.3 is 9.84 Å². The number of rotatable bonds is 3. The summed E-state index contributed by atoms with van der Waals surface area (Å²) in [6, 6.07) is 5.44. The van der Waals surface area contributed by atoms with Crippen molar-refractivity contribution in [1.82, 2.24) is 9.88 Å². The molecule has 1 N–H and O–H groups in total. The third-order valence-corrected chi connectivity index (χ3v) is 2.90. The number of carboxylic acid groups (broad SMARTS) is 1. The Morgan fingerprint density at radius 1 is 1.65 bits per heavy atom. The van der Waals surface area contributed by atoms with Gasteiger partial charge in [0.05, 0.1) is 18.9 Å². The predicted molar refractivity (Wildman–Crippen MR) is 61.9 cm³/mol. The second-order valence-electron chi connectivity index (χ2n) is 4.21. The van der Waals surface area contributed by atoms with Crippen LogP contribution in [0.5, 0.6) is 0 Å². The predicted octanol–water partition coefficient (Wildman–Crippen LogP) is 1.00. The Labute approximate surface area is 100 Å². The van der Waals surface area contributed by atoms with Gasteiger partial charge in [0.1, 0.15) is 5.69 Å². The quantitative estimate of drug-likeness (QED) is 0.848. The first-order chi connectivity index (χ1) is 8.16. The second-order valence-corrected chi connectivity index (χ2v) is 4.21. The topological polar surface area (TPSA) is 62.7 Å². The van der Waals surface area contributed by atoms with Gasteiger partial charge in [-0.3, -0.25) is 4.90 Å². The Balaban J connectivity index is 2.07. The van der Waals surface area contributed by atoms with Crippen LogP contribution in [0, 0.1) is 0 Å². The SMILES string of the molecule is CC1COCCN1Cc1cccc(C(=O)O)n1. The number of hydrogen-bond donors (Lipinski definition) is 1. The average Bonchev–Trinajstić information content (AvgIpc) is 2.32. The molecule has 1 unspecified atom stereocenters. The zero-order valence-electron chi connectivity index (χ0n) is 9.80. The number of carbonyl (C=O) groups is 1. The first kappa shape index (κ1) is 12.0. The van der Waals surface area contributed by atoms with E-state index in [1.165, 1.54) is 6.07 Å². The van der Waals surface area contributed by atoms with Gasteiger partial charge in [0.2, 0.25) is 0 Å². The summed E-state index contributed by atoms with van der Waals surface area (Å²) in [6.45, 7) is 5.08. The Morgan fingerprint density at radius 2 is 2.47 bits per heavy atom. The molecule has 2 rings (SSSR count). The second kappa shape index (κ2) is 5.25. The number of nitrogens with zero attached hydrogens (tertiary/aromatic N) is 2. The highest BCUT2D eigenvalue weighted by molar-refractivity contribution is 5.85. The molecule has 1 aliphatic rings. The zero-order valence-corrected chi connectivity index (χ0v) is 9.80. The fourth-order valence-electron chi connectivity index (χ4n) is 1.89. The summed E-state index contributed by atoms with van der Waals surface area (Å²) in [5, 5.41) is 8.87. The minimum atomic E-state index is -0.984. The Bertz CT molecular complexity index is 408. The molecule has 1 fully saturated rings. The van der Waals surface area contributed by atoms with E-state index in [2.05, 4.69) is 16.8 Å².